The highest BCUT2D eigenvalue weighted by molar-refractivity contribution is 5.69. The van der Waals surface area contributed by atoms with Gasteiger partial charge in [-0.1, -0.05) is 0 Å². The highest BCUT2D eigenvalue weighted by Gasteiger charge is 2.44. The van der Waals surface area contributed by atoms with Gasteiger partial charge in [-0.15, -0.1) is 0 Å². The van der Waals surface area contributed by atoms with Gasteiger partial charge in [0, 0.05) is 18.6 Å². The molecule has 0 aromatic rings. The summed E-state index contributed by atoms with van der Waals surface area (Å²) in [6.07, 6.45) is 4.48. The third-order valence-corrected chi connectivity index (χ3v) is 4.66. The van der Waals surface area contributed by atoms with Crippen LogP contribution in [0, 0.1) is 5.92 Å². The number of piperidine rings is 1. The number of hydrogen-bond acceptors (Lipinski definition) is 4. The first kappa shape index (κ1) is 19.9. The van der Waals surface area contributed by atoms with Gasteiger partial charge >= 0.3 is 12.2 Å². The molecule has 2 aliphatic rings. The fraction of sp³-hybridized carbons (Fsp3) is 0.895. The summed E-state index contributed by atoms with van der Waals surface area (Å²) in [5.41, 5.74) is -0.924. The van der Waals surface area contributed by atoms with Gasteiger partial charge in [0.25, 0.3) is 0 Å². The third kappa shape index (κ3) is 6.08. The molecule has 0 aliphatic carbocycles. The molecular formula is C19H34N2O4. The number of hydrogen-bond donors (Lipinski definition) is 1. The van der Waals surface area contributed by atoms with E-state index in [1.54, 1.807) is 0 Å². The molecule has 0 radical (unpaired) electrons. The van der Waals surface area contributed by atoms with Crippen molar-refractivity contribution < 1.29 is 19.1 Å². The molecule has 6 nitrogen and oxygen atoms in total. The lowest BCUT2D eigenvalue weighted by Gasteiger charge is -2.39. The molecule has 2 atom stereocenters. The summed E-state index contributed by atoms with van der Waals surface area (Å²) in [4.78, 5) is 26.1. The Kier molecular flexibility index (Phi) is 5.89. The zero-order valence-corrected chi connectivity index (χ0v) is 16.6. The molecule has 2 unspecified atom stereocenters. The normalized spacial score (nSPS) is 26.3. The second kappa shape index (κ2) is 7.42. The third-order valence-electron chi connectivity index (χ3n) is 4.66. The van der Waals surface area contributed by atoms with Crippen molar-refractivity contribution in [2.45, 2.75) is 96.9 Å². The maximum Gasteiger partial charge on any atom is 0.410 e. The largest absolute Gasteiger partial charge is 0.444 e. The van der Waals surface area contributed by atoms with Crippen LogP contribution in [0.2, 0.25) is 0 Å². The van der Waals surface area contributed by atoms with Crippen LogP contribution in [0.15, 0.2) is 0 Å². The first-order valence-electron chi connectivity index (χ1n) is 9.43. The summed E-state index contributed by atoms with van der Waals surface area (Å²) >= 11 is 0. The van der Waals surface area contributed by atoms with Crippen molar-refractivity contribution in [3.05, 3.63) is 0 Å². The lowest BCUT2D eigenvalue weighted by molar-refractivity contribution is 0.00169. The first-order chi connectivity index (χ1) is 11.4. The standard InChI is InChI=1S/C19H34N2O4/c1-18(2,3)24-16(22)20-10-9-13-11-14-7-8-15(12-13)21(14)17(23)25-19(4,5)6/h13-15H,7-12H2,1-6H3,(H,20,22). The lowest BCUT2D eigenvalue weighted by atomic mass is 9.88. The number of rotatable bonds is 3. The van der Waals surface area contributed by atoms with Crippen LogP contribution in [0.4, 0.5) is 9.59 Å². The second-order valence-corrected chi connectivity index (χ2v) is 9.33. The predicted molar refractivity (Wildman–Crippen MR) is 96.5 cm³/mol. The van der Waals surface area contributed by atoms with Crippen molar-refractivity contribution in [3.8, 4) is 0 Å². The summed E-state index contributed by atoms with van der Waals surface area (Å²) in [5, 5.41) is 2.84. The van der Waals surface area contributed by atoms with Crippen molar-refractivity contribution in [2.75, 3.05) is 6.54 Å². The molecule has 0 spiro atoms. The monoisotopic (exact) mass is 354 g/mol. The summed E-state index contributed by atoms with van der Waals surface area (Å²) in [6, 6.07) is 0.556. The van der Waals surface area contributed by atoms with Gasteiger partial charge in [0.1, 0.15) is 11.2 Å². The number of alkyl carbamates (subject to hydrolysis) is 1. The van der Waals surface area contributed by atoms with Crippen LogP contribution < -0.4 is 5.32 Å². The van der Waals surface area contributed by atoms with E-state index in [1.165, 1.54) is 0 Å². The molecule has 0 aromatic carbocycles. The summed E-state index contributed by atoms with van der Waals surface area (Å²) < 4.78 is 10.8. The van der Waals surface area contributed by atoms with Gasteiger partial charge in [-0.25, -0.2) is 9.59 Å². The van der Waals surface area contributed by atoms with Crippen molar-refractivity contribution in [1.82, 2.24) is 10.2 Å². The molecule has 2 amide bonds. The molecular weight excluding hydrogens is 320 g/mol. The van der Waals surface area contributed by atoms with Gasteiger partial charge in [0.15, 0.2) is 0 Å². The summed E-state index contributed by atoms with van der Waals surface area (Å²) in [6.45, 7) is 11.9. The lowest BCUT2D eigenvalue weighted by Crippen LogP contribution is -2.48. The number of nitrogens with zero attached hydrogens (tertiary/aromatic N) is 1. The van der Waals surface area contributed by atoms with Gasteiger partial charge in [-0.2, -0.15) is 0 Å². The molecule has 144 valence electrons. The van der Waals surface area contributed by atoms with E-state index in [0.29, 0.717) is 12.5 Å². The van der Waals surface area contributed by atoms with E-state index in [9.17, 15) is 9.59 Å². The van der Waals surface area contributed by atoms with Crippen molar-refractivity contribution in [2.24, 2.45) is 5.92 Å². The minimum atomic E-state index is -0.470. The van der Waals surface area contributed by atoms with Crippen LogP contribution >= 0.6 is 0 Å². The van der Waals surface area contributed by atoms with Gasteiger partial charge in [0.05, 0.1) is 0 Å². The van der Waals surface area contributed by atoms with Gasteiger partial charge < -0.3 is 19.7 Å². The van der Waals surface area contributed by atoms with Gasteiger partial charge in [-0.05, 0) is 79.6 Å². The molecule has 25 heavy (non-hydrogen) atoms. The second-order valence-electron chi connectivity index (χ2n) is 9.33. The minimum Gasteiger partial charge on any atom is -0.444 e. The van der Waals surface area contributed by atoms with Crippen LogP contribution in [0.5, 0.6) is 0 Å². The molecule has 2 fully saturated rings. The number of ether oxygens (including phenoxy) is 2. The Balaban J connectivity index is 1.78. The van der Waals surface area contributed by atoms with Gasteiger partial charge in [-0.3, -0.25) is 0 Å². The zero-order valence-electron chi connectivity index (χ0n) is 16.6. The average Bonchev–Trinajstić information content (AvgIpc) is 2.66. The number of carbonyl (C=O) groups is 2. The Hall–Kier alpha value is -1.46. The smallest absolute Gasteiger partial charge is 0.410 e. The first-order valence-corrected chi connectivity index (χ1v) is 9.43. The van der Waals surface area contributed by atoms with E-state index in [0.717, 1.165) is 32.1 Å². The van der Waals surface area contributed by atoms with E-state index >= 15 is 0 Å². The molecule has 0 aromatic heterocycles. The number of nitrogens with one attached hydrogen (secondary N) is 1. The quantitative estimate of drug-likeness (QED) is 0.829. The SMILES string of the molecule is CC(C)(C)OC(=O)NCCC1CC2CCC(C1)N2C(=O)OC(C)(C)C. The van der Waals surface area contributed by atoms with E-state index in [2.05, 4.69) is 5.32 Å². The molecule has 2 bridgehead atoms. The van der Waals surface area contributed by atoms with E-state index in [-0.39, 0.29) is 24.3 Å². The number of amides is 2. The summed E-state index contributed by atoms with van der Waals surface area (Å²) in [7, 11) is 0. The Bertz CT molecular complexity index is 479. The van der Waals surface area contributed by atoms with Crippen molar-refractivity contribution in [1.29, 1.82) is 0 Å². The van der Waals surface area contributed by atoms with Crippen molar-refractivity contribution >= 4 is 12.2 Å². The topological polar surface area (TPSA) is 67.9 Å². The van der Waals surface area contributed by atoms with E-state index < -0.39 is 11.2 Å². The Morgan fingerprint density at radius 3 is 1.96 bits per heavy atom. The highest BCUT2D eigenvalue weighted by Crippen LogP contribution is 2.40. The maximum absolute atomic E-state index is 12.4. The molecule has 6 heteroatoms. The van der Waals surface area contributed by atoms with Crippen LogP contribution in [-0.4, -0.2) is 46.9 Å². The number of carbonyl (C=O) groups excluding carboxylic acids is 2. The Labute approximate surface area is 151 Å². The fourth-order valence-electron chi connectivity index (χ4n) is 3.83. The molecule has 0 saturated carbocycles. The number of fused-ring (bicyclic) bond motifs is 2. The van der Waals surface area contributed by atoms with Crippen LogP contribution in [-0.2, 0) is 9.47 Å². The zero-order chi connectivity index (χ0) is 18.8. The molecule has 1 N–H and O–H groups in total. The Morgan fingerprint density at radius 1 is 0.960 bits per heavy atom. The predicted octanol–water partition coefficient (Wildman–Crippen LogP) is 4.08. The van der Waals surface area contributed by atoms with Crippen LogP contribution in [0.3, 0.4) is 0 Å². The molecule has 2 rings (SSSR count). The highest BCUT2D eigenvalue weighted by atomic mass is 16.6. The molecule has 2 saturated heterocycles. The van der Waals surface area contributed by atoms with E-state index in [4.69, 9.17) is 9.47 Å². The average molecular weight is 354 g/mol. The minimum absolute atomic E-state index is 0.176. The van der Waals surface area contributed by atoms with Crippen LogP contribution in [0.1, 0.15) is 73.6 Å². The van der Waals surface area contributed by atoms with Crippen molar-refractivity contribution in [3.63, 3.8) is 0 Å². The Morgan fingerprint density at radius 2 is 1.48 bits per heavy atom. The van der Waals surface area contributed by atoms with Gasteiger partial charge in [0.2, 0.25) is 0 Å². The molecule has 2 aliphatic heterocycles. The maximum atomic E-state index is 12.4. The molecule has 2 heterocycles. The summed E-state index contributed by atoms with van der Waals surface area (Å²) in [5.74, 6) is 0.533. The van der Waals surface area contributed by atoms with Crippen LogP contribution in [0.25, 0.3) is 0 Å². The fourth-order valence-corrected chi connectivity index (χ4v) is 3.83. The van der Waals surface area contributed by atoms with E-state index in [1.807, 2.05) is 46.4 Å².